The van der Waals surface area contributed by atoms with Gasteiger partial charge < -0.3 is 19.5 Å². The monoisotopic (exact) mass is 372 g/mol. The number of amides is 1. The van der Waals surface area contributed by atoms with Crippen LogP contribution in [0.25, 0.3) is 0 Å². The van der Waals surface area contributed by atoms with Crippen molar-refractivity contribution < 1.29 is 23.9 Å². The SMILES string of the molecule is COc1ccc(/C=N\NC(=O)CNc2ccc3c(c2)OCO3)cc1[N+](=O)[O-]. The molecule has 1 aliphatic heterocycles. The van der Waals surface area contributed by atoms with E-state index in [0.29, 0.717) is 22.7 Å². The second kappa shape index (κ2) is 8.04. The molecule has 0 aromatic heterocycles. The van der Waals surface area contributed by atoms with E-state index in [9.17, 15) is 14.9 Å². The molecule has 10 nitrogen and oxygen atoms in total. The zero-order chi connectivity index (χ0) is 19.2. The van der Waals surface area contributed by atoms with E-state index in [-0.39, 0.29) is 30.7 Å². The summed E-state index contributed by atoms with van der Waals surface area (Å²) in [4.78, 5) is 22.3. The standard InChI is InChI=1S/C17H16N4O6/c1-25-14-4-2-11(6-13(14)21(23)24)8-19-20-17(22)9-18-12-3-5-15-16(7-12)27-10-26-15/h2-8,18H,9-10H2,1H3,(H,20,22)/b19-8-. The van der Waals surface area contributed by atoms with Gasteiger partial charge in [-0.15, -0.1) is 0 Å². The van der Waals surface area contributed by atoms with E-state index in [1.165, 1.54) is 25.5 Å². The molecule has 2 aromatic rings. The maximum atomic E-state index is 11.8. The fourth-order valence-electron chi connectivity index (χ4n) is 2.34. The van der Waals surface area contributed by atoms with Crippen LogP contribution in [-0.4, -0.2) is 37.5 Å². The molecule has 0 radical (unpaired) electrons. The number of hydrogen-bond donors (Lipinski definition) is 2. The summed E-state index contributed by atoms with van der Waals surface area (Å²) in [7, 11) is 1.35. The van der Waals surface area contributed by atoms with Crippen molar-refractivity contribution in [2.24, 2.45) is 5.10 Å². The highest BCUT2D eigenvalue weighted by molar-refractivity contribution is 5.85. The molecule has 1 aliphatic rings. The molecule has 0 aliphatic carbocycles. The lowest BCUT2D eigenvalue weighted by Gasteiger charge is -2.06. The van der Waals surface area contributed by atoms with Gasteiger partial charge in [-0.05, 0) is 24.3 Å². The Bertz CT molecular complexity index is 899. The van der Waals surface area contributed by atoms with E-state index in [2.05, 4.69) is 15.8 Å². The zero-order valence-corrected chi connectivity index (χ0v) is 14.3. The maximum Gasteiger partial charge on any atom is 0.311 e. The van der Waals surface area contributed by atoms with Crippen molar-refractivity contribution in [1.82, 2.24) is 5.43 Å². The summed E-state index contributed by atoms with van der Waals surface area (Å²) in [6.45, 7) is 0.164. The largest absolute Gasteiger partial charge is 0.490 e. The van der Waals surface area contributed by atoms with E-state index in [1.54, 1.807) is 24.3 Å². The van der Waals surface area contributed by atoms with Crippen LogP contribution >= 0.6 is 0 Å². The molecule has 140 valence electrons. The Morgan fingerprint density at radius 3 is 2.89 bits per heavy atom. The van der Waals surface area contributed by atoms with Crippen LogP contribution in [0.1, 0.15) is 5.56 Å². The number of hydrogen-bond acceptors (Lipinski definition) is 8. The lowest BCUT2D eigenvalue weighted by Crippen LogP contribution is -2.25. The summed E-state index contributed by atoms with van der Waals surface area (Å²) in [6, 6.07) is 9.60. The van der Waals surface area contributed by atoms with Crippen molar-refractivity contribution in [3.8, 4) is 17.2 Å². The summed E-state index contributed by atoms with van der Waals surface area (Å²) >= 11 is 0. The van der Waals surface area contributed by atoms with Gasteiger partial charge in [0.05, 0.1) is 24.8 Å². The Labute approximate surface area is 153 Å². The number of anilines is 1. The molecular formula is C17H16N4O6. The number of rotatable bonds is 7. The molecule has 27 heavy (non-hydrogen) atoms. The quantitative estimate of drug-likeness (QED) is 0.432. The van der Waals surface area contributed by atoms with Crippen molar-refractivity contribution in [2.45, 2.75) is 0 Å². The van der Waals surface area contributed by atoms with Crippen molar-refractivity contribution in [1.29, 1.82) is 0 Å². The molecule has 3 rings (SSSR count). The summed E-state index contributed by atoms with van der Waals surface area (Å²) in [5.41, 5.74) is 3.31. The summed E-state index contributed by atoms with van der Waals surface area (Å²) in [6.07, 6.45) is 1.31. The molecule has 0 spiro atoms. The van der Waals surface area contributed by atoms with Gasteiger partial charge in [0.25, 0.3) is 5.91 Å². The first-order chi connectivity index (χ1) is 13.1. The van der Waals surface area contributed by atoms with Crippen LogP contribution in [0.5, 0.6) is 17.2 Å². The topological polar surface area (TPSA) is 124 Å². The third-order valence-corrected chi connectivity index (χ3v) is 3.63. The molecule has 0 saturated carbocycles. The van der Waals surface area contributed by atoms with Crippen LogP contribution in [-0.2, 0) is 4.79 Å². The van der Waals surface area contributed by atoms with Gasteiger partial charge >= 0.3 is 5.69 Å². The molecule has 0 saturated heterocycles. The fraction of sp³-hybridized carbons (Fsp3) is 0.176. The van der Waals surface area contributed by atoms with Gasteiger partial charge in [0.1, 0.15) is 0 Å². The van der Waals surface area contributed by atoms with Gasteiger partial charge in [-0.2, -0.15) is 5.10 Å². The lowest BCUT2D eigenvalue weighted by atomic mass is 10.2. The van der Waals surface area contributed by atoms with E-state index in [4.69, 9.17) is 14.2 Å². The minimum absolute atomic E-state index is 0.0141. The number of nitrogens with one attached hydrogen (secondary N) is 2. The first kappa shape index (κ1) is 18.0. The number of nitrogens with zero attached hydrogens (tertiary/aromatic N) is 2. The Morgan fingerprint density at radius 1 is 1.30 bits per heavy atom. The number of nitro groups is 1. The number of ether oxygens (including phenoxy) is 3. The van der Waals surface area contributed by atoms with Crippen LogP contribution in [0.3, 0.4) is 0 Å². The second-order valence-corrected chi connectivity index (χ2v) is 5.40. The van der Waals surface area contributed by atoms with Crippen LogP contribution in [0.4, 0.5) is 11.4 Å². The molecule has 0 fully saturated rings. The second-order valence-electron chi connectivity index (χ2n) is 5.40. The first-order valence-corrected chi connectivity index (χ1v) is 7.84. The minimum atomic E-state index is -0.552. The van der Waals surface area contributed by atoms with Gasteiger partial charge in [-0.3, -0.25) is 14.9 Å². The minimum Gasteiger partial charge on any atom is -0.490 e. The summed E-state index contributed by atoms with van der Waals surface area (Å²) < 4.78 is 15.4. The molecule has 1 heterocycles. The number of carbonyl (C=O) groups is 1. The highest BCUT2D eigenvalue weighted by Crippen LogP contribution is 2.34. The van der Waals surface area contributed by atoms with Crippen molar-refractivity contribution in [2.75, 3.05) is 25.8 Å². The molecule has 2 aromatic carbocycles. The van der Waals surface area contributed by atoms with Crippen LogP contribution < -0.4 is 25.0 Å². The highest BCUT2D eigenvalue weighted by Gasteiger charge is 2.15. The van der Waals surface area contributed by atoms with Gasteiger partial charge in [0.15, 0.2) is 17.2 Å². The van der Waals surface area contributed by atoms with Gasteiger partial charge in [-0.1, -0.05) is 0 Å². The van der Waals surface area contributed by atoms with E-state index >= 15 is 0 Å². The Morgan fingerprint density at radius 2 is 2.11 bits per heavy atom. The number of carbonyl (C=O) groups excluding carboxylic acids is 1. The van der Waals surface area contributed by atoms with E-state index in [0.717, 1.165) is 0 Å². The third kappa shape index (κ3) is 4.42. The zero-order valence-electron chi connectivity index (χ0n) is 14.3. The predicted octanol–water partition coefficient (Wildman–Crippen LogP) is 1.89. The summed E-state index contributed by atoms with van der Waals surface area (Å²) in [5.74, 6) is 1.03. The Kier molecular flexibility index (Phi) is 5.36. The van der Waals surface area contributed by atoms with E-state index in [1.807, 2.05) is 0 Å². The molecular weight excluding hydrogens is 356 g/mol. The molecule has 2 N–H and O–H groups in total. The van der Waals surface area contributed by atoms with Crippen molar-refractivity contribution >= 4 is 23.5 Å². The third-order valence-electron chi connectivity index (χ3n) is 3.63. The number of nitro benzene ring substituents is 1. The molecule has 0 unspecified atom stereocenters. The number of benzene rings is 2. The van der Waals surface area contributed by atoms with Crippen LogP contribution in [0.2, 0.25) is 0 Å². The van der Waals surface area contributed by atoms with Gasteiger partial charge in [-0.25, -0.2) is 5.43 Å². The van der Waals surface area contributed by atoms with Crippen molar-refractivity contribution in [3.05, 3.63) is 52.1 Å². The molecule has 1 amide bonds. The molecule has 0 atom stereocenters. The summed E-state index contributed by atoms with van der Waals surface area (Å²) in [5, 5.41) is 17.7. The van der Waals surface area contributed by atoms with Crippen LogP contribution in [0.15, 0.2) is 41.5 Å². The maximum absolute atomic E-state index is 11.8. The average Bonchev–Trinajstić information content (AvgIpc) is 3.14. The van der Waals surface area contributed by atoms with Gasteiger partial charge in [0, 0.05) is 23.4 Å². The Hall–Kier alpha value is -3.82. The van der Waals surface area contributed by atoms with Gasteiger partial charge in [0.2, 0.25) is 6.79 Å². The smallest absolute Gasteiger partial charge is 0.311 e. The average molecular weight is 372 g/mol. The predicted molar refractivity (Wildman–Crippen MR) is 96.4 cm³/mol. The molecule has 0 bridgehead atoms. The normalized spacial score (nSPS) is 12.0. The lowest BCUT2D eigenvalue weighted by molar-refractivity contribution is -0.385. The fourth-order valence-corrected chi connectivity index (χ4v) is 2.34. The van der Waals surface area contributed by atoms with Crippen LogP contribution in [0, 0.1) is 10.1 Å². The number of fused-ring (bicyclic) bond motifs is 1. The Balaban J connectivity index is 1.53. The molecule has 10 heteroatoms. The number of hydrazone groups is 1. The van der Waals surface area contributed by atoms with E-state index < -0.39 is 4.92 Å². The number of methoxy groups -OCH3 is 1. The highest BCUT2D eigenvalue weighted by atomic mass is 16.7. The first-order valence-electron chi connectivity index (χ1n) is 7.84. The van der Waals surface area contributed by atoms with Crippen molar-refractivity contribution in [3.63, 3.8) is 0 Å².